The van der Waals surface area contributed by atoms with E-state index in [1.54, 1.807) is 4.90 Å². The van der Waals surface area contributed by atoms with Gasteiger partial charge in [-0.05, 0) is 6.42 Å². The number of morpholine rings is 1. The van der Waals surface area contributed by atoms with Crippen molar-refractivity contribution in [2.24, 2.45) is 0 Å². The number of amides is 1. The number of hydrogen-bond acceptors (Lipinski definition) is 4. The number of carbonyl (C=O) groups is 1. The zero-order valence-corrected chi connectivity index (χ0v) is 9.95. The van der Waals surface area contributed by atoms with Crippen molar-refractivity contribution in [3.63, 3.8) is 0 Å². The number of carbonyl (C=O) groups excluding carboxylic acids is 1. The van der Waals surface area contributed by atoms with Gasteiger partial charge in [0.05, 0.1) is 25.7 Å². The number of aliphatic hydroxyl groups excluding tert-OH is 1. The number of hydrogen-bond donors (Lipinski definition) is 2. The van der Waals surface area contributed by atoms with Crippen LogP contribution in [0.4, 0.5) is 0 Å². The van der Waals surface area contributed by atoms with Crippen molar-refractivity contribution in [3.05, 3.63) is 0 Å². The van der Waals surface area contributed by atoms with E-state index < -0.39 is 0 Å². The Hall–Kier alpha value is -0.650. The van der Waals surface area contributed by atoms with Crippen molar-refractivity contribution in [3.8, 4) is 0 Å². The van der Waals surface area contributed by atoms with Gasteiger partial charge in [-0.15, -0.1) is 0 Å². The third-order valence-corrected chi connectivity index (χ3v) is 2.62. The summed E-state index contributed by atoms with van der Waals surface area (Å²) in [4.78, 5) is 13.6. The smallest absolute Gasteiger partial charge is 0.225 e. The van der Waals surface area contributed by atoms with E-state index in [4.69, 9.17) is 9.84 Å². The first-order valence-corrected chi connectivity index (χ1v) is 5.99. The maximum Gasteiger partial charge on any atom is 0.225 e. The molecule has 2 N–H and O–H groups in total. The molecule has 0 saturated carbocycles. The molecular weight excluding hydrogens is 208 g/mol. The van der Waals surface area contributed by atoms with Gasteiger partial charge in [-0.3, -0.25) is 4.79 Å². The molecule has 16 heavy (non-hydrogen) atoms. The van der Waals surface area contributed by atoms with Crippen molar-refractivity contribution in [2.45, 2.75) is 25.9 Å². The van der Waals surface area contributed by atoms with Gasteiger partial charge in [0, 0.05) is 26.2 Å². The first kappa shape index (κ1) is 13.4. The SMILES string of the molecule is CCCN(CCO)C(=O)CC1CNCCO1. The first-order chi connectivity index (χ1) is 7.77. The largest absolute Gasteiger partial charge is 0.395 e. The molecule has 1 atom stereocenters. The second kappa shape index (κ2) is 7.60. The summed E-state index contributed by atoms with van der Waals surface area (Å²) in [6.45, 7) is 5.45. The van der Waals surface area contributed by atoms with Gasteiger partial charge in [-0.1, -0.05) is 6.92 Å². The molecule has 0 spiro atoms. The predicted octanol–water partition coefficient (Wildman–Crippen LogP) is -0.404. The van der Waals surface area contributed by atoms with Gasteiger partial charge in [0.2, 0.25) is 5.91 Å². The van der Waals surface area contributed by atoms with Crippen molar-refractivity contribution >= 4 is 5.91 Å². The first-order valence-electron chi connectivity index (χ1n) is 5.99. The molecule has 0 aromatic carbocycles. The molecule has 0 radical (unpaired) electrons. The van der Waals surface area contributed by atoms with Crippen LogP contribution in [0.2, 0.25) is 0 Å². The molecule has 1 aliphatic heterocycles. The molecule has 0 bridgehead atoms. The molecule has 0 aliphatic carbocycles. The minimum absolute atomic E-state index is 0.0145. The zero-order valence-electron chi connectivity index (χ0n) is 9.95. The number of nitrogens with one attached hydrogen (secondary N) is 1. The highest BCUT2D eigenvalue weighted by molar-refractivity contribution is 5.76. The maximum atomic E-state index is 11.9. The van der Waals surface area contributed by atoms with Crippen LogP contribution in [-0.2, 0) is 9.53 Å². The summed E-state index contributed by atoms with van der Waals surface area (Å²) < 4.78 is 5.48. The number of nitrogens with zero attached hydrogens (tertiary/aromatic N) is 1. The molecule has 5 nitrogen and oxygen atoms in total. The normalized spacial score (nSPS) is 20.8. The van der Waals surface area contributed by atoms with Gasteiger partial charge in [0.1, 0.15) is 0 Å². The Bertz CT molecular complexity index is 199. The van der Waals surface area contributed by atoms with Gasteiger partial charge >= 0.3 is 0 Å². The highest BCUT2D eigenvalue weighted by Crippen LogP contribution is 2.05. The highest BCUT2D eigenvalue weighted by atomic mass is 16.5. The van der Waals surface area contributed by atoms with E-state index in [9.17, 15) is 4.79 Å². The fourth-order valence-electron chi connectivity index (χ4n) is 1.83. The van der Waals surface area contributed by atoms with E-state index in [0.29, 0.717) is 26.1 Å². The maximum absolute atomic E-state index is 11.9. The second-order valence-electron chi connectivity index (χ2n) is 4.01. The van der Waals surface area contributed by atoms with E-state index in [2.05, 4.69) is 5.32 Å². The Kier molecular flexibility index (Phi) is 6.37. The Morgan fingerprint density at radius 3 is 2.94 bits per heavy atom. The summed E-state index contributed by atoms with van der Waals surface area (Å²) in [5.74, 6) is 0.0737. The number of ether oxygens (including phenoxy) is 1. The quantitative estimate of drug-likeness (QED) is 0.651. The van der Waals surface area contributed by atoms with Gasteiger partial charge in [-0.25, -0.2) is 0 Å². The van der Waals surface area contributed by atoms with E-state index in [1.165, 1.54) is 0 Å². The lowest BCUT2D eigenvalue weighted by molar-refractivity contribution is -0.135. The van der Waals surface area contributed by atoms with Crippen LogP contribution >= 0.6 is 0 Å². The molecule has 94 valence electrons. The predicted molar refractivity (Wildman–Crippen MR) is 61.2 cm³/mol. The molecule has 0 aromatic rings. The number of aliphatic hydroxyl groups is 1. The Morgan fingerprint density at radius 1 is 1.56 bits per heavy atom. The summed E-state index contributed by atoms with van der Waals surface area (Å²) in [5.41, 5.74) is 0. The summed E-state index contributed by atoms with van der Waals surface area (Å²) in [7, 11) is 0. The van der Waals surface area contributed by atoms with E-state index in [0.717, 1.165) is 19.5 Å². The van der Waals surface area contributed by atoms with Crippen molar-refractivity contribution in [1.29, 1.82) is 0 Å². The molecule has 1 saturated heterocycles. The number of rotatable bonds is 6. The average Bonchev–Trinajstić information content (AvgIpc) is 2.30. The Morgan fingerprint density at radius 2 is 2.38 bits per heavy atom. The second-order valence-corrected chi connectivity index (χ2v) is 4.01. The fraction of sp³-hybridized carbons (Fsp3) is 0.909. The van der Waals surface area contributed by atoms with Crippen molar-refractivity contribution < 1.29 is 14.6 Å². The third kappa shape index (κ3) is 4.47. The lowest BCUT2D eigenvalue weighted by Crippen LogP contribution is -2.43. The van der Waals surface area contributed by atoms with Gasteiger partial charge in [0.15, 0.2) is 0 Å². The fourth-order valence-corrected chi connectivity index (χ4v) is 1.83. The standard InChI is InChI=1S/C11H22N2O3/c1-2-4-13(5-6-14)11(15)8-10-9-12-3-7-16-10/h10,12,14H,2-9H2,1H3. The summed E-state index contributed by atoms with van der Waals surface area (Å²) in [5, 5.41) is 12.1. The summed E-state index contributed by atoms with van der Waals surface area (Å²) in [6.07, 6.45) is 1.31. The van der Waals surface area contributed by atoms with Crippen molar-refractivity contribution in [1.82, 2.24) is 10.2 Å². The minimum atomic E-state index is -0.0145. The Balaban J connectivity index is 2.34. The lowest BCUT2D eigenvalue weighted by Gasteiger charge is -2.27. The van der Waals surface area contributed by atoms with Gasteiger partial charge in [0.25, 0.3) is 0 Å². The lowest BCUT2D eigenvalue weighted by atomic mass is 10.2. The van der Waals surface area contributed by atoms with Crippen molar-refractivity contribution in [2.75, 3.05) is 39.4 Å². The molecule has 1 heterocycles. The van der Waals surface area contributed by atoms with Crippen LogP contribution in [0.25, 0.3) is 0 Å². The van der Waals surface area contributed by atoms with E-state index >= 15 is 0 Å². The molecule has 0 aromatic heterocycles. The van der Waals surface area contributed by atoms with Crippen LogP contribution in [0, 0.1) is 0 Å². The molecule has 1 amide bonds. The molecule has 1 aliphatic rings. The minimum Gasteiger partial charge on any atom is -0.395 e. The molecule has 5 heteroatoms. The average molecular weight is 230 g/mol. The summed E-state index contributed by atoms with van der Waals surface area (Å²) in [6, 6.07) is 0. The van der Waals surface area contributed by atoms with Crippen LogP contribution in [0.15, 0.2) is 0 Å². The van der Waals surface area contributed by atoms with Gasteiger partial charge in [-0.2, -0.15) is 0 Å². The van der Waals surface area contributed by atoms with Gasteiger partial charge < -0.3 is 20.1 Å². The molecule has 1 rings (SSSR count). The third-order valence-electron chi connectivity index (χ3n) is 2.62. The highest BCUT2D eigenvalue weighted by Gasteiger charge is 2.20. The molecule has 1 fully saturated rings. The Labute approximate surface area is 96.8 Å². The van der Waals surface area contributed by atoms with E-state index in [-0.39, 0.29) is 18.6 Å². The molecule has 1 unspecified atom stereocenters. The zero-order chi connectivity index (χ0) is 11.8. The van der Waals surface area contributed by atoms with Crippen LogP contribution in [0.3, 0.4) is 0 Å². The van der Waals surface area contributed by atoms with Crippen LogP contribution in [-0.4, -0.2) is 61.4 Å². The monoisotopic (exact) mass is 230 g/mol. The topological polar surface area (TPSA) is 61.8 Å². The summed E-state index contributed by atoms with van der Waals surface area (Å²) >= 11 is 0. The van der Waals surface area contributed by atoms with E-state index in [1.807, 2.05) is 6.92 Å². The van der Waals surface area contributed by atoms with Crippen LogP contribution in [0.5, 0.6) is 0 Å². The molecular formula is C11H22N2O3. The van der Waals surface area contributed by atoms with Crippen LogP contribution in [0.1, 0.15) is 19.8 Å². The van der Waals surface area contributed by atoms with Crippen LogP contribution < -0.4 is 5.32 Å².